The van der Waals surface area contributed by atoms with E-state index >= 15 is 0 Å². The molecule has 0 saturated heterocycles. The first-order valence-corrected chi connectivity index (χ1v) is 10.5. The fourth-order valence-electron chi connectivity index (χ4n) is 2.29. The minimum absolute atomic E-state index is 0.0778. The van der Waals surface area contributed by atoms with Crippen molar-refractivity contribution in [3.8, 4) is 10.6 Å². The highest BCUT2D eigenvalue weighted by atomic mass is 32.2. The van der Waals surface area contributed by atoms with Crippen molar-refractivity contribution in [3.63, 3.8) is 0 Å². The Hall–Kier alpha value is -2.62. The van der Waals surface area contributed by atoms with E-state index in [-0.39, 0.29) is 18.0 Å². The number of sulfonamides is 1. The highest BCUT2D eigenvalue weighted by Gasteiger charge is 2.14. The maximum Gasteiger partial charge on any atom is 0.240 e. The summed E-state index contributed by atoms with van der Waals surface area (Å²) in [6.45, 7) is 0. The normalized spacial score (nSPS) is 11.3. The molecule has 27 heavy (non-hydrogen) atoms. The smallest absolute Gasteiger partial charge is 0.240 e. The Morgan fingerprint density at radius 2 is 1.78 bits per heavy atom. The van der Waals surface area contributed by atoms with E-state index in [0.29, 0.717) is 16.3 Å². The highest BCUT2D eigenvalue weighted by molar-refractivity contribution is 7.88. The van der Waals surface area contributed by atoms with Crippen molar-refractivity contribution in [1.82, 2.24) is 15.2 Å². The van der Waals surface area contributed by atoms with E-state index in [1.807, 2.05) is 0 Å². The lowest BCUT2D eigenvalue weighted by atomic mass is 10.2. The average molecular weight is 405 g/mol. The van der Waals surface area contributed by atoms with Crippen molar-refractivity contribution in [3.05, 3.63) is 77.1 Å². The predicted molar refractivity (Wildman–Crippen MR) is 102 cm³/mol. The lowest BCUT2D eigenvalue weighted by Crippen LogP contribution is -2.42. The van der Waals surface area contributed by atoms with Crippen LogP contribution < -0.4 is 10.3 Å². The summed E-state index contributed by atoms with van der Waals surface area (Å²) < 4.78 is 37.0. The van der Waals surface area contributed by atoms with Gasteiger partial charge < -0.3 is 0 Å². The summed E-state index contributed by atoms with van der Waals surface area (Å²) >= 11 is 1.32. The van der Waals surface area contributed by atoms with Gasteiger partial charge in [-0.15, -0.1) is 16.2 Å². The quantitative estimate of drug-likeness (QED) is 0.592. The molecule has 1 heterocycles. The summed E-state index contributed by atoms with van der Waals surface area (Å²) in [6, 6.07) is 14.5. The molecule has 9 heteroatoms. The molecule has 0 aliphatic carbocycles. The van der Waals surface area contributed by atoms with Gasteiger partial charge in [0.25, 0.3) is 0 Å². The Kier molecular flexibility index (Phi) is 5.94. The first kappa shape index (κ1) is 19.2. The van der Waals surface area contributed by atoms with E-state index in [1.54, 1.807) is 47.8 Å². The second kappa shape index (κ2) is 8.38. The fraction of sp³-hybridized carbons (Fsp3) is 0.111. The molecule has 0 aliphatic heterocycles. The van der Waals surface area contributed by atoms with Crippen molar-refractivity contribution in [2.75, 3.05) is 0 Å². The summed E-state index contributed by atoms with van der Waals surface area (Å²) in [6.07, 6.45) is -0.0778. The number of aromatic nitrogens is 1. The van der Waals surface area contributed by atoms with Crippen molar-refractivity contribution < 1.29 is 17.6 Å². The highest BCUT2D eigenvalue weighted by Crippen LogP contribution is 2.24. The Morgan fingerprint density at radius 3 is 2.48 bits per heavy atom. The molecule has 0 radical (unpaired) electrons. The molecule has 2 N–H and O–H groups in total. The van der Waals surface area contributed by atoms with Gasteiger partial charge in [-0.1, -0.05) is 30.3 Å². The summed E-state index contributed by atoms with van der Waals surface area (Å²) in [5, 5.41) is 2.36. The van der Waals surface area contributed by atoms with Gasteiger partial charge in [-0.3, -0.25) is 10.2 Å². The van der Waals surface area contributed by atoms with Crippen LogP contribution in [-0.2, 0) is 27.0 Å². The number of carbonyl (C=O) groups excluding carboxylic acids is 1. The Bertz CT molecular complexity index is 1020. The number of nitrogens with zero attached hydrogens (tertiary/aromatic N) is 1. The van der Waals surface area contributed by atoms with Gasteiger partial charge in [0, 0.05) is 10.9 Å². The Labute approximate surface area is 160 Å². The number of thiazole rings is 1. The van der Waals surface area contributed by atoms with Crippen LogP contribution in [0.25, 0.3) is 10.6 Å². The molecule has 1 aromatic heterocycles. The number of benzene rings is 2. The molecule has 0 bridgehead atoms. The topological polar surface area (TPSA) is 88.2 Å². The molecule has 140 valence electrons. The van der Waals surface area contributed by atoms with Crippen molar-refractivity contribution in [1.29, 1.82) is 0 Å². The molecule has 1 amide bonds. The van der Waals surface area contributed by atoms with Crippen LogP contribution in [0.3, 0.4) is 0 Å². The van der Waals surface area contributed by atoms with Crippen LogP contribution >= 0.6 is 11.3 Å². The molecule has 0 fully saturated rings. The van der Waals surface area contributed by atoms with Crippen molar-refractivity contribution in [2.24, 2.45) is 0 Å². The van der Waals surface area contributed by atoms with Gasteiger partial charge in [-0.25, -0.2) is 17.8 Å². The van der Waals surface area contributed by atoms with E-state index in [1.165, 1.54) is 23.5 Å². The molecule has 0 spiro atoms. The predicted octanol–water partition coefficient (Wildman–Crippen LogP) is 2.64. The molecular weight excluding hydrogens is 389 g/mol. The van der Waals surface area contributed by atoms with Crippen LogP contribution in [0.5, 0.6) is 0 Å². The lowest BCUT2D eigenvalue weighted by molar-refractivity contribution is -0.120. The van der Waals surface area contributed by atoms with Gasteiger partial charge in [0.2, 0.25) is 15.9 Å². The average Bonchev–Trinajstić information content (AvgIpc) is 3.10. The number of nitrogens with one attached hydrogen (secondary N) is 2. The Morgan fingerprint density at radius 1 is 1.07 bits per heavy atom. The van der Waals surface area contributed by atoms with Crippen LogP contribution in [0.2, 0.25) is 0 Å². The standard InChI is InChI=1S/C18H16FN3O3S2/c19-15-8-6-14(7-9-15)18-20-16(11-26-18)10-17(23)21-22-27(24,25)12-13-4-2-1-3-5-13/h1-9,11,22H,10,12H2,(H,21,23). The molecule has 0 aliphatic rings. The number of hydrazine groups is 1. The maximum absolute atomic E-state index is 13.0. The number of rotatable bonds is 7. The van der Waals surface area contributed by atoms with E-state index in [0.717, 1.165) is 5.56 Å². The molecule has 0 atom stereocenters. The number of hydrogen-bond donors (Lipinski definition) is 2. The molecule has 0 unspecified atom stereocenters. The summed E-state index contributed by atoms with van der Waals surface area (Å²) in [7, 11) is -3.70. The molecule has 0 saturated carbocycles. The summed E-state index contributed by atoms with van der Waals surface area (Å²) in [4.78, 5) is 18.4. The SMILES string of the molecule is O=C(Cc1csc(-c2ccc(F)cc2)n1)NNS(=O)(=O)Cc1ccccc1. The van der Waals surface area contributed by atoms with E-state index in [9.17, 15) is 17.6 Å². The number of amides is 1. The zero-order valence-electron chi connectivity index (χ0n) is 14.1. The second-order valence-corrected chi connectivity index (χ2v) is 8.30. The van der Waals surface area contributed by atoms with Gasteiger partial charge in [0.05, 0.1) is 17.9 Å². The van der Waals surface area contributed by atoms with Crippen LogP contribution in [0.1, 0.15) is 11.3 Å². The summed E-state index contributed by atoms with van der Waals surface area (Å²) in [5.74, 6) is -1.10. The van der Waals surface area contributed by atoms with Gasteiger partial charge in [0.1, 0.15) is 10.8 Å². The minimum atomic E-state index is -3.70. The third-order valence-electron chi connectivity index (χ3n) is 3.53. The molecule has 6 nitrogen and oxygen atoms in total. The van der Waals surface area contributed by atoms with Gasteiger partial charge in [-0.2, -0.15) is 0 Å². The van der Waals surface area contributed by atoms with Gasteiger partial charge >= 0.3 is 0 Å². The molecular formula is C18H16FN3O3S2. The minimum Gasteiger partial charge on any atom is -0.278 e. The van der Waals surface area contributed by atoms with Crippen molar-refractivity contribution in [2.45, 2.75) is 12.2 Å². The fourth-order valence-corrected chi connectivity index (χ4v) is 4.08. The summed E-state index contributed by atoms with van der Waals surface area (Å²) in [5.41, 5.74) is 4.05. The third kappa shape index (κ3) is 5.68. The Balaban J connectivity index is 1.54. The first-order valence-electron chi connectivity index (χ1n) is 7.94. The maximum atomic E-state index is 13.0. The molecule has 2 aromatic carbocycles. The molecule has 3 rings (SSSR count). The lowest BCUT2D eigenvalue weighted by Gasteiger charge is -2.08. The van der Waals surface area contributed by atoms with E-state index in [2.05, 4.69) is 15.2 Å². The van der Waals surface area contributed by atoms with Gasteiger partial charge in [-0.05, 0) is 29.8 Å². The number of carbonyl (C=O) groups is 1. The van der Waals surface area contributed by atoms with Gasteiger partial charge in [0.15, 0.2) is 0 Å². The zero-order chi connectivity index (χ0) is 19.3. The van der Waals surface area contributed by atoms with E-state index in [4.69, 9.17) is 0 Å². The van der Waals surface area contributed by atoms with Crippen LogP contribution in [-0.4, -0.2) is 19.3 Å². The number of hydrogen-bond acceptors (Lipinski definition) is 5. The van der Waals surface area contributed by atoms with Crippen LogP contribution in [0.4, 0.5) is 4.39 Å². The zero-order valence-corrected chi connectivity index (χ0v) is 15.7. The van der Waals surface area contributed by atoms with Crippen molar-refractivity contribution >= 4 is 27.3 Å². The largest absolute Gasteiger partial charge is 0.278 e. The van der Waals surface area contributed by atoms with E-state index < -0.39 is 15.9 Å². The third-order valence-corrected chi connectivity index (χ3v) is 5.60. The second-order valence-electron chi connectivity index (χ2n) is 5.72. The van der Waals surface area contributed by atoms with Crippen LogP contribution in [0.15, 0.2) is 60.0 Å². The number of halogens is 1. The molecule has 3 aromatic rings. The monoisotopic (exact) mass is 405 g/mol. The first-order chi connectivity index (χ1) is 12.9. The van der Waals surface area contributed by atoms with Crippen LogP contribution in [0, 0.1) is 5.82 Å².